The van der Waals surface area contributed by atoms with Crippen molar-refractivity contribution in [1.82, 2.24) is 5.32 Å². The highest BCUT2D eigenvalue weighted by Gasteiger charge is 2.31. The zero-order valence-corrected chi connectivity index (χ0v) is 18.4. The number of anilines is 1. The van der Waals surface area contributed by atoms with Gasteiger partial charge in [-0.3, -0.25) is 4.79 Å². The lowest BCUT2D eigenvalue weighted by molar-refractivity contribution is 0.0733. The van der Waals surface area contributed by atoms with Crippen molar-refractivity contribution in [2.24, 2.45) is 0 Å². The average Bonchev–Trinajstić information content (AvgIpc) is 3.13. The molecule has 2 heterocycles. The molecule has 1 amide bonds. The molecular weight excluding hydrogens is 464 g/mol. The largest absolute Gasteiger partial charge is 0.423 e. The van der Waals surface area contributed by atoms with Gasteiger partial charge in [-0.25, -0.2) is 4.79 Å². The molecule has 2 aliphatic rings. The molecule has 30 heavy (non-hydrogen) atoms. The van der Waals surface area contributed by atoms with Crippen molar-refractivity contribution in [3.8, 4) is 5.75 Å². The number of rotatable bonds is 3. The number of ether oxygens (including phenoxy) is 1. The van der Waals surface area contributed by atoms with Crippen LogP contribution in [0, 0.1) is 0 Å². The Morgan fingerprint density at radius 2 is 1.80 bits per heavy atom. The normalized spacial score (nSPS) is 17.4. The number of thiophene rings is 1. The quantitative estimate of drug-likeness (QED) is 0.384. The second-order valence-electron chi connectivity index (χ2n) is 7.40. The van der Waals surface area contributed by atoms with E-state index in [1.165, 1.54) is 16.9 Å². The van der Waals surface area contributed by atoms with Crippen LogP contribution in [0.3, 0.4) is 0 Å². The van der Waals surface area contributed by atoms with Crippen molar-refractivity contribution >= 4 is 44.1 Å². The van der Waals surface area contributed by atoms with Crippen LogP contribution in [0.25, 0.3) is 0 Å². The summed E-state index contributed by atoms with van der Waals surface area (Å²) in [7, 11) is 0. The van der Waals surface area contributed by atoms with Crippen molar-refractivity contribution in [3.63, 3.8) is 0 Å². The summed E-state index contributed by atoms with van der Waals surface area (Å²) < 4.78 is 6.17. The summed E-state index contributed by atoms with van der Waals surface area (Å²) in [5.41, 5.74) is 3.42. The standard InChI is InChI=1S/C23H19BrN2O3S/c24-17-7-3-1-5-15(17)23(28)29-14-11-9-13(10-12-14)20-25-21(27)19-16-6-2-4-8-18(16)30-22(19)26-20/h1,3,5,7,9-12,20,26H,2,4,6,8H2,(H,25,27). The molecule has 2 N–H and O–H groups in total. The Morgan fingerprint density at radius 3 is 2.60 bits per heavy atom. The van der Waals surface area contributed by atoms with Gasteiger partial charge in [-0.05, 0) is 77.0 Å². The maximum Gasteiger partial charge on any atom is 0.344 e. The molecule has 1 aliphatic heterocycles. The molecule has 1 aromatic heterocycles. The fourth-order valence-electron chi connectivity index (χ4n) is 3.96. The Hall–Kier alpha value is -2.64. The monoisotopic (exact) mass is 482 g/mol. The number of nitrogens with one attached hydrogen (secondary N) is 2. The van der Waals surface area contributed by atoms with E-state index >= 15 is 0 Å². The van der Waals surface area contributed by atoms with Gasteiger partial charge in [-0.1, -0.05) is 24.3 Å². The summed E-state index contributed by atoms with van der Waals surface area (Å²) >= 11 is 5.07. The minimum absolute atomic E-state index is 0.0161. The molecule has 0 fully saturated rings. The molecule has 1 atom stereocenters. The molecule has 0 saturated carbocycles. The summed E-state index contributed by atoms with van der Waals surface area (Å²) in [6.07, 6.45) is 4.07. The molecule has 0 spiro atoms. The molecule has 5 nitrogen and oxygen atoms in total. The third kappa shape index (κ3) is 3.52. The van der Waals surface area contributed by atoms with Gasteiger partial charge in [0.2, 0.25) is 0 Å². The number of benzene rings is 2. The number of hydrogen-bond donors (Lipinski definition) is 2. The van der Waals surface area contributed by atoms with E-state index in [0.29, 0.717) is 15.8 Å². The highest BCUT2D eigenvalue weighted by Crippen LogP contribution is 2.41. The van der Waals surface area contributed by atoms with E-state index in [9.17, 15) is 9.59 Å². The molecular formula is C23H19BrN2O3S. The fourth-order valence-corrected chi connectivity index (χ4v) is 5.72. The highest BCUT2D eigenvalue weighted by molar-refractivity contribution is 9.10. The number of amides is 1. The molecule has 5 rings (SSSR count). The molecule has 7 heteroatoms. The highest BCUT2D eigenvalue weighted by atomic mass is 79.9. The second-order valence-corrected chi connectivity index (χ2v) is 9.36. The number of carbonyl (C=O) groups is 2. The maximum absolute atomic E-state index is 12.8. The van der Waals surface area contributed by atoms with Crippen molar-refractivity contribution in [2.75, 3.05) is 5.32 Å². The molecule has 1 unspecified atom stereocenters. The first-order valence-corrected chi connectivity index (χ1v) is 11.5. The predicted octanol–water partition coefficient (Wildman–Crippen LogP) is 5.46. The summed E-state index contributed by atoms with van der Waals surface area (Å²) in [6.45, 7) is 0. The van der Waals surface area contributed by atoms with Gasteiger partial charge in [0.25, 0.3) is 5.91 Å². The number of halogens is 1. The number of esters is 1. The fraction of sp³-hybridized carbons (Fsp3) is 0.217. The third-order valence-electron chi connectivity index (χ3n) is 5.47. The number of carbonyl (C=O) groups excluding carboxylic acids is 2. The van der Waals surface area contributed by atoms with Crippen LogP contribution in [-0.2, 0) is 12.8 Å². The van der Waals surface area contributed by atoms with Gasteiger partial charge >= 0.3 is 5.97 Å². The molecule has 152 valence electrons. The zero-order chi connectivity index (χ0) is 20.7. The Bertz CT molecular complexity index is 1140. The molecule has 1 aliphatic carbocycles. The summed E-state index contributed by atoms with van der Waals surface area (Å²) in [5.74, 6) is 0.0135. The van der Waals surface area contributed by atoms with Crippen molar-refractivity contribution < 1.29 is 14.3 Å². The molecule has 2 aromatic carbocycles. The number of aryl methyl sites for hydroxylation is 1. The van der Waals surface area contributed by atoms with E-state index in [1.807, 2.05) is 18.2 Å². The molecule has 0 saturated heterocycles. The van der Waals surface area contributed by atoms with E-state index in [4.69, 9.17) is 4.74 Å². The number of fused-ring (bicyclic) bond motifs is 3. The topological polar surface area (TPSA) is 67.4 Å². The first-order chi connectivity index (χ1) is 14.6. The van der Waals surface area contributed by atoms with E-state index in [0.717, 1.165) is 35.4 Å². The first-order valence-electron chi connectivity index (χ1n) is 9.89. The van der Waals surface area contributed by atoms with E-state index in [1.54, 1.807) is 41.7 Å². The van der Waals surface area contributed by atoms with Crippen LogP contribution in [0.2, 0.25) is 0 Å². The smallest absolute Gasteiger partial charge is 0.344 e. The first kappa shape index (κ1) is 19.3. The van der Waals surface area contributed by atoms with Crippen LogP contribution in [-0.4, -0.2) is 11.9 Å². The summed E-state index contributed by atoms with van der Waals surface area (Å²) in [5, 5.41) is 7.49. The van der Waals surface area contributed by atoms with Gasteiger partial charge in [0.15, 0.2) is 0 Å². The minimum Gasteiger partial charge on any atom is -0.423 e. The minimum atomic E-state index is -0.423. The second kappa shape index (κ2) is 7.89. The lowest BCUT2D eigenvalue weighted by Gasteiger charge is -2.27. The van der Waals surface area contributed by atoms with Crippen LogP contribution >= 0.6 is 27.3 Å². The van der Waals surface area contributed by atoms with Crippen LogP contribution in [0.1, 0.15) is 55.7 Å². The molecule has 0 radical (unpaired) electrons. The Kier molecular flexibility index (Phi) is 5.08. The van der Waals surface area contributed by atoms with Crippen molar-refractivity contribution in [1.29, 1.82) is 0 Å². The molecule has 0 bridgehead atoms. The van der Waals surface area contributed by atoms with Gasteiger partial charge in [-0.15, -0.1) is 11.3 Å². The molecule has 3 aromatic rings. The van der Waals surface area contributed by atoms with Crippen LogP contribution < -0.4 is 15.4 Å². The van der Waals surface area contributed by atoms with E-state index < -0.39 is 5.97 Å². The third-order valence-corrected chi connectivity index (χ3v) is 7.38. The van der Waals surface area contributed by atoms with Crippen molar-refractivity contribution in [3.05, 3.63) is 80.1 Å². The van der Waals surface area contributed by atoms with Crippen LogP contribution in [0.15, 0.2) is 53.0 Å². The van der Waals surface area contributed by atoms with Crippen LogP contribution in [0.4, 0.5) is 5.00 Å². The Balaban J connectivity index is 1.33. The lowest BCUT2D eigenvalue weighted by Crippen LogP contribution is -2.38. The van der Waals surface area contributed by atoms with Gasteiger partial charge < -0.3 is 15.4 Å². The average molecular weight is 483 g/mol. The zero-order valence-electron chi connectivity index (χ0n) is 16.0. The van der Waals surface area contributed by atoms with E-state index in [-0.39, 0.29) is 12.1 Å². The van der Waals surface area contributed by atoms with Gasteiger partial charge in [-0.2, -0.15) is 0 Å². The van der Waals surface area contributed by atoms with Gasteiger partial charge in [0, 0.05) is 9.35 Å². The predicted molar refractivity (Wildman–Crippen MR) is 120 cm³/mol. The number of hydrogen-bond acceptors (Lipinski definition) is 5. The van der Waals surface area contributed by atoms with Crippen LogP contribution in [0.5, 0.6) is 5.75 Å². The van der Waals surface area contributed by atoms with E-state index in [2.05, 4.69) is 26.6 Å². The van der Waals surface area contributed by atoms with Crippen molar-refractivity contribution in [2.45, 2.75) is 31.8 Å². The summed E-state index contributed by atoms with van der Waals surface area (Å²) in [4.78, 5) is 26.5. The Morgan fingerprint density at radius 1 is 1.03 bits per heavy atom. The Labute approximate surface area is 186 Å². The maximum atomic E-state index is 12.8. The van der Waals surface area contributed by atoms with Gasteiger partial charge in [0.1, 0.15) is 16.9 Å². The summed E-state index contributed by atoms with van der Waals surface area (Å²) in [6, 6.07) is 14.3. The lowest BCUT2D eigenvalue weighted by atomic mass is 9.94. The SMILES string of the molecule is O=C(Oc1ccc(C2NC(=O)c3c(sc4c3CCCC4)N2)cc1)c1ccccc1Br. The van der Waals surface area contributed by atoms with Gasteiger partial charge in [0.05, 0.1) is 11.1 Å².